The van der Waals surface area contributed by atoms with Crippen LogP contribution in [0.4, 0.5) is 0 Å². The molecule has 8 rings (SSSR count). The highest BCUT2D eigenvalue weighted by molar-refractivity contribution is 6.31. The zero-order valence-corrected chi connectivity index (χ0v) is 23.0. The van der Waals surface area contributed by atoms with Crippen LogP contribution in [-0.4, -0.2) is 40.5 Å². The SMILES string of the molecule is Oc1c(O)c(O)c(-c2nc(-c3ccc4c(c3)oc3ccccc34)nc(-c3cccc4oc5cc(Cl)ccc5c34)n2)c(O)c1O. The van der Waals surface area contributed by atoms with Gasteiger partial charge in [-0.05, 0) is 36.4 Å². The predicted octanol–water partition coefficient (Wildman–Crippen LogP) is 7.85. The minimum Gasteiger partial charge on any atom is -0.504 e. The molecule has 11 heteroatoms. The van der Waals surface area contributed by atoms with Crippen LogP contribution in [-0.2, 0) is 0 Å². The second-order valence-corrected chi connectivity index (χ2v) is 10.6. The maximum Gasteiger partial charge on any atom is 0.208 e. The maximum absolute atomic E-state index is 10.8. The van der Waals surface area contributed by atoms with Crippen LogP contribution in [0.1, 0.15) is 0 Å². The molecule has 3 aromatic heterocycles. The van der Waals surface area contributed by atoms with Crippen molar-refractivity contribution in [3.63, 3.8) is 0 Å². The lowest BCUT2D eigenvalue weighted by Gasteiger charge is -2.13. The third-order valence-electron chi connectivity index (χ3n) is 7.57. The average molecular weight is 604 g/mol. The molecule has 0 aliphatic heterocycles. The minimum atomic E-state index is -1.10. The number of hydrogen-bond acceptors (Lipinski definition) is 10. The molecule has 0 radical (unpaired) electrons. The van der Waals surface area contributed by atoms with Crippen LogP contribution in [0.15, 0.2) is 87.7 Å². The number of benzene rings is 5. The Labute approximate surface area is 251 Å². The summed E-state index contributed by atoms with van der Waals surface area (Å²) in [5.41, 5.74) is 2.92. The molecule has 0 amide bonds. The van der Waals surface area contributed by atoms with Crippen LogP contribution in [0, 0.1) is 0 Å². The molecule has 10 nitrogen and oxygen atoms in total. The van der Waals surface area contributed by atoms with Crippen LogP contribution in [0.25, 0.3) is 78.0 Å². The molecular weight excluding hydrogens is 586 g/mol. The van der Waals surface area contributed by atoms with Gasteiger partial charge in [-0.1, -0.05) is 48.0 Å². The number of aromatic hydroxyl groups is 5. The number of nitrogens with zero attached hydrogens (tertiary/aromatic N) is 3. The van der Waals surface area contributed by atoms with Gasteiger partial charge >= 0.3 is 0 Å². The van der Waals surface area contributed by atoms with Gasteiger partial charge in [0.15, 0.2) is 29.0 Å². The number of hydrogen-bond donors (Lipinski definition) is 5. The van der Waals surface area contributed by atoms with Crippen molar-refractivity contribution in [1.29, 1.82) is 0 Å². The Balaban J connectivity index is 1.43. The summed E-state index contributed by atoms with van der Waals surface area (Å²) in [7, 11) is 0. The van der Waals surface area contributed by atoms with E-state index >= 15 is 0 Å². The summed E-state index contributed by atoms with van der Waals surface area (Å²) < 4.78 is 12.1. The van der Waals surface area contributed by atoms with Crippen LogP contribution >= 0.6 is 11.6 Å². The molecule has 5 N–H and O–H groups in total. The fraction of sp³-hybridized carbons (Fsp3) is 0. The normalized spacial score (nSPS) is 11.8. The van der Waals surface area contributed by atoms with E-state index in [1.165, 1.54) is 0 Å². The van der Waals surface area contributed by atoms with Crippen molar-refractivity contribution in [2.24, 2.45) is 0 Å². The summed E-state index contributed by atoms with van der Waals surface area (Å²) in [5, 5.41) is 55.8. The fourth-order valence-electron chi connectivity index (χ4n) is 5.49. The van der Waals surface area contributed by atoms with Crippen LogP contribution in [0.5, 0.6) is 28.7 Å². The molecule has 0 saturated heterocycles. The van der Waals surface area contributed by atoms with Crippen molar-refractivity contribution < 1.29 is 34.4 Å². The van der Waals surface area contributed by atoms with Crippen molar-refractivity contribution in [3.05, 3.63) is 83.9 Å². The molecule has 0 aliphatic rings. The fourth-order valence-corrected chi connectivity index (χ4v) is 5.65. The van der Waals surface area contributed by atoms with Crippen molar-refractivity contribution in [2.75, 3.05) is 0 Å². The summed E-state index contributed by atoms with van der Waals surface area (Å²) >= 11 is 6.21. The average Bonchev–Trinajstić information content (AvgIpc) is 3.60. The molecule has 0 fully saturated rings. The zero-order chi connectivity index (χ0) is 30.3. The second kappa shape index (κ2) is 9.25. The lowest BCUT2D eigenvalue weighted by Crippen LogP contribution is -2.01. The molecule has 0 saturated carbocycles. The molecule has 0 unspecified atom stereocenters. The number of phenols is 5. The molecule has 8 aromatic rings. The van der Waals surface area contributed by atoms with Gasteiger partial charge in [0.1, 0.15) is 27.9 Å². The standard InChI is InChI=1S/C33H18ClN3O7/c34-15-9-11-18-23(13-15)44-21-7-3-5-19(24(18)21)32-35-31(14-8-10-17-16-4-1-2-6-20(16)43-22(17)12-14)36-33(37-32)25-26(38)28(40)30(42)29(41)27(25)39/h1-13,38-42H. The third-order valence-corrected chi connectivity index (χ3v) is 7.80. The van der Waals surface area contributed by atoms with Crippen LogP contribution in [0.2, 0.25) is 5.02 Å². The second-order valence-electron chi connectivity index (χ2n) is 10.2. The molecule has 5 aromatic carbocycles. The van der Waals surface area contributed by atoms with Gasteiger partial charge in [0.25, 0.3) is 0 Å². The number of fused-ring (bicyclic) bond motifs is 6. The summed E-state index contributed by atoms with van der Waals surface area (Å²) in [4.78, 5) is 13.8. The molecule has 214 valence electrons. The molecular formula is C33H18ClN3O7. The highest BCUT2D eigenvalue weighted by Gasteiger charge is 2.28. The predicted molar refractivity (Wildman–Crippen MR) is 164 cm³/mol. The molecule has 3 heterocycles. The molecule has 0 atom stereocenters. The van der Waals surface area contributed by atoms with E-state index < -0.39 is 34.3 Å². The number of aromatic nitrogens is 3. The Hall–Kier alpha value is -6.00. The number of rotatable bonds is 3. The Morgan fingerprint density at radius 1 is 0.500 bits per heavy atom. The van der Waals surface area contributed by atoms with Gasteiger partial charge < -0.3 is 34.4 Å². The zero-order valence-electron chi connectivity index (χ0n) is 22.3. The van der Waals surface area contributed by atoms with Crippen LogP contribution < -0.4 is 0 Å². The molecule has 0 spiro atoms. The Morgan fingerprint density at radius 3 is 1.93 bits per heavy atom. The van der Waals surface area contributed by atoms with Crippen LogP contribution in [0.3, 0.4) is 0 Å². The largest absolute Gasteiger partial charge is 0.504 e. The van der Waals surface area contributed by atoms with Crippen molar-refractivity contribution in [2.45, 2.75) is 0 Å². The summed E-state index contributed by atoms with van der Waals surface area (Å²) in [6.07, 6.45) is 0. The van der Waals surface area contributed by atoms with E-state index in [0.717, 1.165) is 16.2 Å². The number of furan rings is 2. The lowest BCUT2D eigenvalue weighted by atomic mass is 10.0. The van der Waals surface area contributed by atoms with Gasteiger partial charge in [-0.2, -0.15) is 0 Å². The van der Waals surface area contributed by atoms with E-state index in [9.17, 15) is 25.5 Å². The Bertz CT molecular complexity index is 2460. The van der Waals surface area contributed by atoms with E-state index in [4.69, 9.17) is 25.4 Å². The highest BCUT2D eigenvalue weighted by Crippen LogP contribution is 2.54. The van der Waals surface area contributed by atoms with E-state index in [-0.39, 0.29) is 17.5 Å². The van der Waals surface area contributed by atoms with E-state index in [0.29, 0.717) is 43.9 Å². The summed E-state index contributed by atoms with van der Waals surface area (Å²) in [6.45, 7) is 0. The van der Waals surface area contributed by atoms with Gasteiger partial charge in [0.05, 0.1) is 0 Å². The quantitative estimate of drug-likeness (QED) is 0.0990. The maximum atomic E-state index is 10.8. The summed E-state index contributed by atoms with van der Waals surface area (Å²) in [5.74, 6) is -5.10. The number of para-hydroxylation sites is 1. The number of halogens is 1. The van der Waals surface area contributed by atoms with Gasteiger partial charge in [0.2, 0.25) is 17.2 Å². The van der Waals surface area contributed by atoms with Gasteiger partial charge in [0, 0.05) is 43.8 Å². The highest BCUT2D eigenvalue weighted by atomic mass is 35.5. The van der Waals surface area contributed by atoms with E-state index in [1.54, 1.807) is 42.5 Å². The van der Waals surface area contributed by atoms with Gasteiger partial charge in [-0.25, -0.2) is 15.0 Å². The molecule has 0 aliphatic carbocycles. The Morgan fingerprint density at radius 2 is 1.11 bits per heavy atom. The Kier molecular flexibility index (Phi) is 5.40. The topological polar surface area (TPSA) is 166 Å². The first-order valence-electron chi connectivity index (χ1n) is 13.3. The van der Waals surface area contributed by atoms with Gasteiger partial charge in [-0.15, -0.1) is 0 Å². The monoisotopic (exact) mass is 603 g/mol. The molecule has 0 bridgehead atoms. The first-order chi connectivity index (χ1) is 21.3. The summed E-state index contributed by atoms with van der Waals surface area (Å²) in [6, 6.07) is 23.7. The van der Waals surface area contributed by atoms with Crippen molar-refractivity contribution >= 4 is 55.5 Å². The smallest absolute Gasteiger partial charge is 0.208 e. The molecule has 44 heavy (non-hydrogen) atoms. The first kappa shape index (κ1) is 25.7. The van der Waals surface area contributed by atoms with E-state index in [1.807, 2.05) is 36.4 Å². The third kappa shape index (κ3) is 3.71. The number of phenolic OH excluding ortho intramolecular Hbond substituents is 5. The first-order valence-corrected chi connectivity index (χ1v) is 13.6. The van der Waals surface area contributed by atoms with Crippen molar-refractivity contribution in [3.8, 4) is 62.9 Å². The minimum absolute atomic E-state index is 0.129. The van der Waals surface area contributed by atoms with Crippen molar-refractivity contribution in [1.82, 2.24) is 15.0 Å². The van der Waals surface area contributed by atoms with E-state index in [2.05, 4.69) is 9.97 Å². The lowest BCUT2D eigenvalue weighted by molar-refractivity contribution is 0.329. The van der Waals surface area contributed by atoms with Gasteiger partial charge in [-0.3, -0.25) is 0 Å².